The topological polar surface area (TPSA) is 75.7 Å². The van der Waals surface area contributed by atoms with E-state index in [0.717, 1.165) is 0 Å². The third kappa shape index (κ3) is 2.57. The molecule has 1 saturated heterocycles. The van der Waals surface area contributed by atoms with Crippen LogP contribution in [-0.2, 0) is 4.74 Å². The lowest BCUT2D eigenvalue weighted by Gasteiger charge is -2.33. The zero-order valence-corrected chi connectivity index (χ0v) is 7.12. The zero-order chi connectivity index (χ0) is 7.72. The summed E-state index contributed by atoms with van der Waals surface area (Å²) in [5.74, 6) is 0. The van der Waals surface area contributed by atoms with Crippen molar-refractivity contribution in [2.45, 2.75) is 37.9 Å². The van der Waals surface area contributed by atoms with E-state index in [1.54, 1.807) is 6.92 Å². The molecule has 68 valence electrons. The van der Waals surface area contributed by atoms with Crippen molar-refractivity contribution in [3.05, 3.63) is 0 Å². The minimum atomic E-state index is -0.812. The molecule has 1 unspecified atom stereocenters. The van der Waals surface area contributed by atoms with Gasteiger partial charge in [0, 0.05) is 12.5 Å². The molecular weight excluding hydrogens is 170 g/mol. The van der Waals surface area contributed by atoms with Gasteiger partial charge in [0.25, 0.3) is 0 Å². The molecule has 1 aliphatic heterocycles. The lowest BCUT2D eigenvalue weighted by molar-refractivity contribution is -0.198. The Labute approximate surface area is 71.8 Å². The molecule has 11 heavy (non-hydrogen) atoms. The standard InChI is InChI=1S/C6H13NO3.ClH/c1-3-6(9)4(7)2-5(8)10-3;/h3-6,8-9H,2,7H2,1H3;1H/t3-,4-,5?,6+;/m0./s1. The van der Waals surface area contributed by atoms with Crippen molar-refractivity contribution in [1.29, 1.82) is 0 Å². The normalized spacial score (nSPS) is 44.7. The summed E-state index contributed by atoms with van der Waals surface area (Å²) in [4.78, 5) is 0. The molecule has 0 radical (unpaired) electrons. The highest BCUT2D eigenvalue weighted by Gasteiger charge is 2.31. The Morgan fingerprint density at radius 1 is 1.45 bits per heavy atom. The zero-order valence-electron chi connectivity index (χ0n) is 6.30. The molecule has 1 aliphatic rings. The molecule has 0 aromatic rings. The Bertz CT molecular complexity index is 112. The molecule has 4 atom stereocenters. The first-order valence-corrected chi connectivity index (χ1v) is 3.38. The van der Waals surface area contributed by atoms with Crippen molar-refractivity contribution in [3.8, 4) is 0 Å². The molecule has 1 rings (SSSR count). The minimum absolute atomic E-state index is 0. The second-order valence-corrected chi connectivity index (χ2v) is 2.69. The molecule has 4 nitrogen and oxygen atoms in total. The van der Waals surface area contributed by atoms with Gasteiger partial charge in [-0.05, 0) is 6.92 Å². The van der Waals surface area contributed by atoms with E-state index in [1.807, 2.05) is 0 Å². The molecule has 5 heteroatoms. The molecule has 0 aromatic heterocycles. The van der Waals surface area contributed by atoms with E-state index in [0.29, 0.717) is 6.42 Å². The predicted octanol–water partition coefficient (Wildman–Crippen LogP) is -0.776. The van der Waals surface area contributed by atoms with Crippen molar-refractivity contribution >= 4 is 12.4 Å². The number of aliphatic hydroxyl groups excluding tert-OH is 2. The van der Waals surface area contributed by atoms with Crippen LogP contribution in [-0.4, -0.2) is 34.8 Å². The van der Waals surface area contributed by atoms with Crippen LogP contribution in [0.1, 0.15) is 13.3 Å². The smallest absolute Gasteiger partial charge is 0.156 e. The summed E-state index contributed by atoms with van der Waals surface area (Å²) in [6.45, 7) is 1.69. The van der Waals surface area contributed by atoms with Crippen LogP contribution in [0.2, 0.25) is 0 Å². The van der Waals surface area contributed by atoms with Crippen LogP contribution in [0.25, 0.3) is 0 Å². The minimum Gasteiger partial charge on any atom is -0.389 e. The average Bonchev–Trinajstić information content (AvgIpc) is 1.82. The maximum absolute atomic E-state index is 9.20. The molecule has 0 aliphatic carbocycles. The van der Waals surface area contributed by atoms with Gasteiger partial charge in [-0.25, -0.2) is 0 Å². The van der Waals surface area contributed by atoms with Crippen LogP contribution < -0.4 is 5.73 Å². The summed E-state index contributed by atoms with van der Waals surface area (Å²) in [5.41, 5.74) is 5.47. The Kier molecular flexibility index (Phi) is 4.28. The summed E-state index contributed by atoms with van der Waals surface area (Å²) in [5, 5.41) is 18.2. The molecule has 0 spiro atoms. The van der Waals surface area contributed by atoms with Gasteiger partial charge >= 0.3 is 0 Å². The van der Waals surface area contributed by atoms with Crippen molar-refractivity contribution in [2.24, 2.45) is 5.73 Å². The molecule has 0 bridgehead atoms. The lowest BCUT2D eigenvalue weighted by Crippen LogP contribution is -2.51. The van der Waals surface area contributed by atoms with Crippen molar-refractivity contribution in [1.82, 2.24) is 0 Å². The maximum atomic E-state index is 9.20. The first kappa shape index (κ1) is 11.1. The molecule has 0 aromatic carbocycles. The quantitative estimate of drug-likeness (QED) is 0.461. The molecule has 0 saturated carbocycles. The summed E-state index contributed by atoms with van der Waals surface area (Å²) >= 11 is 0. The lowest BCUT2D eigenvalue weighted by atomic mass is 10.0. The number of hydrogen-bond acceptors (Lipinski definition) is 4. The van der Waals surface area contributed by atoms with Gasteiger partial charge in [-0.1, -0.05) is 0 Å². The summed E-state index contributed by atoms with van der Waals surface area (Å²) in [6, 6.07) is -0.362. The van der Waals surface area contributed by atoms with Crippen molar-refractivity contribution in [2.75, 3.05) is 0 Å². The third-order valence-electron chi connectivity index (χ3n) is 1.77. The Morgan fingerprint density at radius 2 is 2.00 bits per heavy atom. The first-order valence-electron chi connectivity index (χ1n) is 3.38. The number of rotatable bonds is 0. The number of halogens is 1. The maximum Gasteiger partial charge on any atom is 0.156 e. The van der Waals surface area contributed by atoms with Gasteiger partial charge in [0.05, 0.1) is 12.2 Å². The molecule has 0 amide bonds. The van der Waals surface area contributed by atoms with Crippen LogP contribution >= 0.6 is 12.4 Å². The highest BCUT2D eigenvalue weighted by Crippen LogP contribution is 2.16. The fourth-order valence-electron chi connectivity index (χ4n) is 1.10. The summed E-state index contributed by atoms with van der Waals surface area (Å²) in [7, 11) is 0. The highest BCUT2D eigenvalue weighted by atomic mass is 35.5. The van der Waals surface area contributed by atoms with Crippen LogP contribution in [0.4, 0.5) is 0 Å². The van der Waals surface area contributed by atoms with E-state index in [1.165, 1.54) is 0 Å². The van der Waals surface area contributed by atoms with Crippen molar-refractivity contribution < 1.29 is 14.9 Å². The largest absolute Gasteiger partial charge is 0.389 e. The van der Waals surface area contributed by atoms with E-state index >= 15 is 0 Å². The van der Waals surface area contributed by atoms with E-state index in [4.69, 9.17) is 15.6 Å². The number of aliphatic hydroxyl groups is 2. The van der Waals surface area contributed by atoms with E-state index in [9.17, 15) is 5.11 Å². The van der Waals surface area contributed by atoms with Crippen LogP contribution in [0, 0.1) is 0 Å². The third-order valence-corrected chi connectivity index (χ3v) is 1.77. The first-order chi connectivity index (χ1) is 4.61. The molecule has 1 fully saturated rings. The van der Waals surface area contributed by atoms with E-state index < -0.39 is 12.4 Å². The average molecular weight is 184 g/mol. The van der Waals surface area contributed by atoms with Gasteiger partial charge in [0.15, 0.2) is 6.29 Å². The molecular formula is C6H14ClNO3. The summed E-state index contributed by atoms with van der Waals surface area (Å²) < 4.78 is 4.89. The summed E-state index contributed by atoms with van der Waals surface area (Å²) in [6.07, 6.45) is -1.51. The van der Waals surface area contributed by atoms with Crippen LogP contribution in [0.15, 0.2) is 0 Å². The fourth-order valence-corrected chi connectivity index (χ4v) is 1.10. The van der Waals surface area contributed by atoms with Gasteiger partial charge in [-0.2, -0.15) is 0 Å². The second-order valence-electron chi connectivity index (χ2n) is 2.69. The van der Waals surface area contributed by atoms with Gasteiger partial charge in [-0.15, -0.1) is 12.4 Å². The van der Waals surface area contributed by atoms with Crippen LogP contribution in [0.3, 0.4) is 0 Å². The Morgan fingerprint density at radius 3 is 2.45 bits per heavy atom. The number of nitrogens with two attached hydrogens (primary N) is 1. The van der Waals surface area contributed by atoms with Gasteiger partial charge in [0.2, 0.25) is 0 Å². The van der Waals surface area contributed by atoms with Gasteiger partial charge < -0.3 is 20.7 Å². The van der Waals surface area contributed by atoms with Gasteiger partial charge in [-0.3, -0.25) is 0 Å². The van der Waals surface area contributed by atoms with Crippen LogP contribution in [0.5, 0.6) is 0 Å². The second kappa shape index (κ2) is 4.23. The van der Waals surface area contributed by atoms with E-state index in [-0.39, 0.29) is 24.6 Å². The number of ether oxygens (including phenoxy) is 1. The van der Waals surface area contributed by atoms with Crippen molar-refractivity contribution in [3.63, 3.8) is 0 Å². The SMILES string of the molecule is C[C@@H]1OC(O)C[C@H](N)[C@@H]1O.Cl. The van der Waals surface area contributed by atoms with Gasteiger partial charge in [0.1, 0.15) is 0 Å². The molecule has 1 heterocycles. The monoisotopic (exact) mass is 183 g/mol. The molecule has 4 N–H and O–H groups in total. The Balaban J connectivity index is 0.000001000. The fraction of sp³-hybridized carbons (Fsp3) is 1.00. The number of hydrogen-bond donors (Lipinski definition) is 3. The Hall–Kier alpha value is 0.130. The predicted molar refractivity (Wildman–Crippen MR) is 42.4 cm³/mol. The van der Waals surface area contributed by atoms with E-state index in [2.05, 4.69) is 0 Å². The highest BCUT2D eigenvalue weighted by molar-refractivity contribution is 5.85.